The first-order chi connectivity index (χ1) is 18.6. The number of carbonyl (C=O) groups is 4. The number of amides is 4. The second-order valence-electron chi connectivity index (χ2n) is 12.2. The van der Waals surface area contributed by atoms with Crippen LogP contribution >= 0.6 is 0 Å². The number of rotatable bonds is 9. The maximum absolute atomic E-state index is 13.5. The third-order valence-corrected chi connectivity index (χ3v) is 8.13. The molecular weight excluding hydrogens is 564 g/mol. The van der Waals surface area contributed by atoms with Crippen LogP contribution in [0.5, 0.6) is 0 Å². The summed E-state index contributed by atoms with van der Waals surface area (Å²) < 4.78 is 81.8. The molecule has 0 spiro atoms. The number of halogens is 6. The van der Waals surface area contributed by atoms with Crippen LogP contribution in [0.15, 0.2) is 0 Å². The van der Waals surface area contributed by atoms with Crippen LogP contribution in [0.4, 0.5) is 26.3 Å². The Labute approximate surface area is 232 Å². The summed E-state index contributed by atoms with van der Waals surface area (Å²) in [6, 6.07) is -2.70. The molecule has 41 heavy (non-hydrogen) atoms. The first-order valence-corrected chi connectivity index (χ1v) is 13.0. The Morgan fingerprint density at radius 1 is 1.15 bits per heavy atom. The van der Waals surface area contributed by atoms with E-state index in [9.17, 15) is 50.8 Å². The molecule has 0 aromatic rings. The maximum Gasteiger partial charge on any atom is 0.471 e. The van der Waals surface area contributed by atoms with Crippen molar-refractivity contribution in [2.24, 2.45) is 23.2 Å². The molecule has 3 N–H and O–H groups in total. The van der Waals surface area contributed by atoms with Crippen LogP contribution in [-0.2, 0) is 23.9 Å². The SMILES string of the molecule is CC(OCC(F)(F)F)C(NC(=O)C(F)(F)F)C(=O)N1CC2C(C1C(=O)NC(C#N)CC1CC(C)(C)NC1=O)C2(C)C. The summed E-state index contributed by atoms with van der Waals surface area (Å²) in [6.07, 6.45) is -11.8. The molecular formula is C25H33F6N5O5. The van der Waals surface area contributed by atoms with Crippen molar-refractivity contribution in [3.63, 3.8) is 0 Å². The van der Waals surface area contributed by atoms with E-state index in [1.165, 1.54) is 5.32 Å². The second-order valence-corrected chi connectivity index (χ2v) is 12.2. The largest absolute Gasteiger partial charge is 0.471 e. The summed E-state index contributed by atoms with van der Waals surface area (Å²) in [5, 5.41) is 16.4. The monoisotopic (exact) mass is 597 g/mol. The molecule has 16 heteroatoms. The molecule has 0 bridgehead atoms. The summed E-state index contributed by atoms with van der Waals surface area (Å²) in [7, 11) is 0. The molecule has 0 aromatic carbocycles. The number of nitrogens with zero attached hydrogens (tertiary/aromatic N) is 2. The van der Waals surface area contributed by atoms with Gasteiger partial charge in [-0.15, -0.1) is 0 Å². The van der Waals surface area contributed by atoms with E-state index in [0.717, 1.165) is 11.8 Å². The summed E-state index contributed by atoms with van der Waals surface area (Å²) in [5.74, 6) is -6.20. The lowest BCUT2D eigenvalue weighted by atomic mass is 9.91. The van der Waals surface area contributed by atoms with Gasteiger partial charge in [0.25, 0.3) is 0 Å². The molecule has 2 aliphatic heterocycles. The van der Waals surface area contributed by atoms with Gasteiger partial charge in [0.2, 0.25) is 17.7 Å². The molecule has 2 heterocycles. The van der Waals surface area contributed by atoms with Crippen molar-refractivity contribution in [2.45, 2.75) is 89.6 Å². The number of nitriles is 1. The highest BCUT2D eigenvalue weighted by Crippen LogP contribution is 2.65. The van der Waals surface area contributed by atoms with Crippen molar-refractivity contribution in [1.82, 2.24) is 20.9 Å². The van der Waals surface area contributed by atoms with Gasteiger partial charge in [-0.3, -0.25) is 19.2 Å². The van der Waals surface area contributed by atoms with Gasteiger partial charge in [0.05, 0.1) is 12.2 Å². The minimum Gasteiger partial charge on any atom is -0.366 e. The van der Waals surface area contributed by atoms with Crippen LogP contribution < -0.4 is 16.0 Å². The minimum atomic E-state index is -5.45. The number of carbonyl (C=O) groups excluding carboxylic acids is 4. The van der Waals surface area contributed by atoms with E-state index in [4.69, 9.17) is 0 Å². The Morgan fingerprint density at radius 2 is 1.76 bits per heavy atom. The molecule has 10 nitrogen and oxygen atoms in total. The molecule has 230 valence electrons. The Morgan fingerprint density at radius 3 is 2.24 bits per heavy atom. The van der Waals surface area contributed by atoms with Gasteiger partial charge in [-0.25, -0.2) is 0 Å². The lowest BCUT2D eigenvalue weighted by Crippen LogP contribution is -2.61. The molecule has 4 amide bonds. The number of likely N-dealkylation sites (tertiary alicyclic amines) is 1. The van der Waals surface area contributed by atoms with Crippen LogP contribution in [0, 0.1) is 34.5 Å². The van der Waals surface area contributed by atoms with E-state index < -0.39 is 83.7 Å². The van der Waals surface area contributed by atoms with Crippen LogP contribution in [0.25, 0.3) is 0 Å². The number of nitrogens with one attached hydrogen (secondary N) is 3. The van der Waals surface area contributed by atoms with Crippen molar-refractivity contribution in [2.75, 3.05) is 13.2 Å². The smallest absolute Gasteiger partial charge is 0.366 e. The van der Waals surface area contributed by atoms with Crippen LogP contribution in [0.2, 0.25) is 0 Å². The zero-order valence-electron chi connectivity index (χ0n) is 23.1. The zero-order valence-corrected chi connectivity index (χ0v) is 23.1. The highest BCUT2D eigenvalue weighted by atomic mass is 19.4. The van der Waals surface area contributed by atoms with E-state index in [1.807, 2.05) is 19.9 Å². The lowest BCUT2D eigenvalue weighted by molar-refractivity contribution is -0.191. The number of ether oxygens (including phenoxy) is 1. The molecule has 3 fully saturated rings. The summed E-state index contributed by atoms with van der Waals surface area (Å²) in [6.45, 7) is 6.13. The van der Waals surface area contributed by atoms with Gasteiger partial charge in [-0.05, 0) is 50.9 Å². The van der Waals surface area contributed by atoms with E-state index in [0.29, 0.717) is 6.42 Å². The number of piperidine rings is 1. The predicted molar refractivity (Wildman–Crippen MR) is 128 cm³/mol. The van der Waals surface area contributed by atoms with Crippen molar-refractivity contribution in [1.29, 1.82) is 5.26 Å². The summed E-state index contributed by atoms with van der Waals surface area (Å²) >= 11 is 0. The van der Waals surface area contributed by atoms with Gasteiger partial charge < -0.3 is 25.6 Å². The van der Waals surface area contributed by atoms with Gasteiger partial charge in [-0.1, -0.05) is 13.8 Å². The maximum atomic E-state index is 13.5. The van der Waals surface area contributed by atoms with Gasteiger partial charge in [0.15, 0.2) is 0 Å². The first-order valence-electron chi connectivity index (χ1n) is 13.0. The Balaban J connectivity index is 1.82. The highest BCUT2D eigenvalue weighted by molar-refractivity contribution is 5.95. The minimum absolute atomic E-state index is 0.0256. The molecule has 2 saturated heterocycles. The standard InChI is InChI=1S/C25H33F6N5O5/c1-11(41-10-24(26,27)28)16(34-21(40)25(29,30)31)20(39)36-9-14-15(23(14,4)5)17(36)19(38)33-13(8-32)6-12-7-22(2,3)35-18(12)37/h11-17H,6-7,9-10H2,1-5H3,(H,33,38)(H,34,40)(H,35,37). The van der Waals surface area contributed by atoms with Crippen LogP contribution in [0.1, 0.15) is 47.5 Å². The second kappa shape index (κ2) is 11.0. The third-order valence-electron chi connectivity index (χ3n) is 8.13. The van der Waals surface area contributed by atoms with Crippen LogP contribution in [-0.4, -0.2) is 83.8 Å². The fourth-order valence-electron chi connectivity index (χ4n) is 5.99. The van der Waals surface area contributed by atoms with Crippen molar-refractivity contribution in [3.05, 3.63) is 0 Å². The van der Waals surface area contributed by atoms with E-state index in [1.54, 1.807) is 13.8 Å². The molecule has 1 saturated carbocycles. The van der Waals surface area contributed by atoms with E-state index in [2.05, 4.69) is 15.4 Å². The molecule has 0 aromatic heterocycles. The quantitative estimate of drug-likeness (QED) is 0.347. The molecule has 7 unspecified atom stereocenters. The van der Waals surface area contributed by atoms with Gasteiger partial charge >= 0.3 is 18.3 Å². The average Bonchev–Trinajstić information content (AvgIpc) is 3.12. The van der Waals surface area contributed by atoms with Gasteiger partial charge in [0, 0.05) is 18.0 Å². The number of hydrogen-bond acceptors (Lipinski definition) is 6. The predicted octanol–water partition coefficient (Wildman–Crippen LogP) is 1.80. The molecule has 1 aliphatic carbocycles. The van der Waals surface area contributed by atoms with Crippen molar-refractivity contribution >= 4 is 23.6 Å². The summed E-state index contributed by atoms with van der Waals surface area (Å²) in [5.41, 5.74) is -0.966. The van der Waals surface area contributed by atoms with Gasteiger partial charge in [0.1, 0.15) is 24.7 Å². The fourth-order valence-corrected chi connectivity index (χ4v) is 5.99. The van der Waals surface area contributed by atoms with E-state index >= 15 is 0 Å². The normalized spacial score (nSPS) is 28.5. The summed E-state index contributed by atoms with van der Waals surface area (Å²) in [4.78, 5) is 51.9. The topological polar surface area (TPSA) is 141 Å². The highest BCUT2D eigenvalue weighted by Gasteiger charge is 2.70. The van der Waals surface area contributed by atoms with Crippen molar-refractivity contribution < 1.29 is 50.3 Å². The average molecular weight is 598 g/mol. The Kier molecular flexibility index (Phi) is 8.66. The molecule has 7 atom stereocenters. The van der Waals surface area contributed by atoms with E-state index in [-0.39, 0.29) is 24.8 Å². The number of fused-ring (bicyclic) bond motifs is 1. The fraction of sp³-hybridized carbons (Fsp3) is 0.800. The Hall–Kier alpha value is -3.09. The van der Waals surface area contributed by atoms with Crippen molar-refractivity contribution in [3.8, 4) is 6.07 Å². The molecule has 0 radical (unpaired) electrons. The molecule has 3 aliphatic rings. The number of alkyl halides is 6. The zero-order chi connectivity index (χ0) is 31.3. The third kappa shape index (κ3) is 7.22. The molecule has 3 rings (SSSR count). The number of hydrogen-bond donors (Lipinski definition) is 3. The first kappa shape index (κ1) is 32.4. The van der Waals surface area contributed by atoms with Crippen LogP contribution in [0.3, 0.4) is 0 Å². The van der Waals surface area contributed by atoms with Gasteiger partial charge in [-0.2, -0.15) is 31.6 Å². The Bertz CT molecular complexity index is 1120. The lowest BCUT2D eigenvalue weighted by Gasteiger charge is -2.35.